The van der Waals surface area contributed by atoms with Crippen molar-refractivity contribution in [3.8, 4) is 0 Å². The number of aldehydes is 1. The van der Waals surface area contributed by atoms with Crippen LogP contribution < -0.4 is 11.5 Å². The molecule has 0 aromatic heterocycles. The summed E-state index contributed by atoms with van der Waals surface area (Å²) in [7, 11) is 0. The summed E-state index contributed by atoms with van der Waals surface area (Å²) in [4.78, 5) is 10.7. The molecule has 2 atom stereocenters. The Hall–Kier alpha value is -0.810. The summed E-state index contributed by atoms with van der Waals surface area (Å²) in [5.41, 5.74) is 17.2. The van der Waals surface area contributed by atoms with Gasteiger partial charge in [0.2, 0.25) is 0 Å². The van der Waals surface area contributed by atoms with Crippen LogP contribution in [0.25, 0.3) is 0 Å². The predicted molar refractivity (Wildman–Crippen MR) is 55.0 cm³/mol. The number of hydrogen-bond acceptors (Lipinski definition) is 5. The van der Waals surface area contributed by atoms with E-state index < -0.39 is 17.0 Å². The van der Waals surface area contributed by atoms with Crippen LogP contribution in [0.4, 0.5) is 0 Å². The molecule has 0 bridgehead atoms. The maximum absolute atomic E-state index is 10.7. The molecule has 5 nitrogen and oxygen atoms in total. The monoisotopic (exact) mass is 200 g/mol. The fraction of sp³-hybridized carbons (Fsp3) is 0.889. The van der Waals surface area contributed by atoms with Crippen LogP contribution in [0.15, 0.2) is 5.11 Å². The topological polar surface area (TPSA) is 105 Å². The molecule has 0 saturated heterocycles. The number of carbonyl (C=O) groups excluding carboxylic acids is 1. The van der Waals surface area contributed by atoms with Crippen molar-refractivity contribution < 1.29 is 4.79 Å². The average molecular weight is 200 g/mol. The highest BCUT2D eigenvalue weighted by Gasteiger charge is 2.35. The highest BCUT2D eigenvalue weighted by molar-refractivity contribution is 5.58. The molecule has 0 aliphatic rings. The van der Waals surface area contributed by atoms with E-state index in [2.05, 4.69) is 5.11 Å². The van der Waals surface area contributed by atoms with Crippen molar-refractivity contribution >= 4 is 6.29 Å². The fourth-order valence-electron chi connectivity index (χ4n) is 1.61. The summed E-state index contributed by atoms with van der Waals surface area (Å²) in [6.07, 6.45) is 1.34. The molecule has 82 valence electrons. The van der Waals surface area contributed by atoms with Gasteiger partial charge in [-0.1, -0.05) is 13.8 Å². The van der Waals surface area contributed by atoms with E-state index in [0.29, 0.717) is 6.42 Å². The lowest BCUT2D eigenvalue weighted by atomic mass is 9.77. The van der Waals surface area contributed by atoms with E-state index in [1.165, 1.54) is 0 Å². The van der Waals surface area contributed by atoms with Crippen molar-refractivity contribution in [1.82, 2.24) is 0 Å². The quantitative estimate of drug-likeness (QED) is 0.433. The summed E-state index contributed by atoms with van der Waals surface area (Å²) in [6.45, 7) is 5.62. The van der Waals surface area contributed by atoms with Gasteiger partial charge in [-0.3, -0.25) is 0 Å². The summed E-state index contributed by atoms with van der Waals surface area (Å²) in [5, 5.41) is 3.38. The molecular weight excluding hydrogens is 180 g/mol. The first kappa shape index (κ1) is 13.2. The smallest absolute Gasteiger partial charge is 0.125 e. The number of hydrogen-bond donors (Lipinski definition) is 3. The molecule has 5 heteroatoms. The highest BCUT2D eigenvalue weighted by atomic mass is 16.1. The molecule has 0 spiro atoms. The Morgan fingerprint density at radius 2 is 2.00 bits per heavy atom. The third-order valence-electron chi connectivity index (χ3n) is 2.30. The van der Waals surface area contributed by atoms with Crippen molar-refractivity contribution in [2.24, 2.45) is 22.0 Å². The summed E-state index contributed by atoms with van der Waals surface area (Å²) in [5.74, 6) is 0. The van der Waals surface area contributed by atoms with Crippen LogP contribution in [-0.2, 0) is 4.79 Å². The van der Waals surface area contributed by atoms with Gasteiger partial charge in [0.15, 0.2) is 0 Å². The van der Waals surface area contributed by atoms with Gasteiger partial charge < -0.3 is 16.3 Å². The Balaban J connectivity index is 4.61. The van der Waals surface area contributed by atoms with Crippen molar-refractivity contribution in [1.29, 1.82) is 5.53 Å². The maximum atomic E-state index is 10.7. The average Bonchev–Trinajstić information content (AvgIpc) is 2.04. The van der Waals surface area contributed by atoms with E-state index in [1.807, 2.05) is 13.8 Å². The zero-order chi connectivity index (χ0) is 11.4. The first-order chi connectivity index (χ1) is 6.29. The van der Waals surface area contributed by atoms with Crippen molar-refractivity contribution in [2.75, 3.05) is 6.54 Å². The summed E-state index contributed by atoms with van der Waals surface area (Å²) < 4.78 is 0. The molecule has 0 aliphatic heterocycles. The molecule has 5 N–H and O–H groups in total. The van der Waals surface area contributed by atoms with Gasteiger partial charge in [-0.05, 0) is 13.3 Å². The Bertz CT molecular complexity index is 213. The number of rotatable bonds is 6. The van der Waals surface area contributed by atoms with Gasteiger partial charge in [0.1, 0.15) is 12.3 Å². The van der Waals surface area contributed by atoms with E-state index in [1.54, 1.807) is 6.92 Å². The Kier molecular flexibility index (Phi) is 4.35. The largest absolute Gasteiger partial charge is 0.328 e. The third kappa shape index (κ3) is 3.51. The SMILES string of the molecule is CC(C)(C=O)CC(C)(N)C(CN)N=N. The lowest BCUT2D eigenvalue weighted by molar-refractivity contribution is -0.115. The lowest BCUT2D eigenvalue weighted by Gasteiger charge is -2.34. The predicted octanol–water partition coefficient (Wildman–Crippen LogP) is 0.677. The first-order valence-corrected chi connectivity index (χ1v) is 4.61. The van der Waals surface area contributed by atoms with Gasteiger partial charge >= 0.3 is 0 Å². The molecule has 14 heavy (non-hydrogen) atoms. The van der Waals surface area contributed by atoms with Crippen LogP contribution in [0.5, 0.6) is 0 Å². The molecule has 0 fully saturated rings. The van der Waals surface area contributed by atoms with Crippen molar-refractivity contribution in [3.63, 3.8) is 0 Å². The molecular formula is C9H20N4O. The maximum Gasteiger partial charge on any atom is 0.125 e. The lowest BCUT2D eigenvalue weighted by Crippen LogP contribution is -2.53. The second kappa shape index (κ2) is 4.61. The van der Waals surface area contributed by atoms with Gasteiger partial charge in [0.05, 0.1) is 0 Å². The van der Waals surface area contributed by atoms with Gasteiger partial charge in [-0.25, -0.2) is 5.53 Å². The number of carbonyl (C=O) groups is 1. The van der Waals surface area contributed by atoms with Crippen molar-refractivity contribution in [2.45, 2.75) is 38.8 Å². The van der Waals surface area contributed by atoms with Crippen LogP contribution >= 0.6 is 0 Å². The summed E-state index contributed by atoms with van der Waals surface area (Å²) >= 11 is 0. The van der Waals surface area contributed by atoms with E-state index >= 15 is 0 Å². The zero-order valence-corrected chi connectivity index (χ0v) is 9.08. The molecule has 0 saturated carbocycles. The highest BCUT2D eigenvalue weighted by Crippen LogP contribution is 2.27. The first-order valence-electron chi connectivity index (χ1n) is 4.61. The Morgan fingerprint density at radius 3 is 2.29 bits per heavy atom. The minimum Gasteiger partial charge on any atom is -0.328 e. The molecule has 0 amide bonds. The van der Waals surface area contributed by atoms with Gasteiger partial charge in [-0.15, -0.1) is 0 Å². The number of nitrogens with two attached hydrogens (primary N) is 2. The Labute approximate surface area is 84.7 Å². The second-order valence-corrected chi connectivity index (χ2v) is 4.67. The van der Waals surface area contributed by atoms with Crippen LogP contribution in [-0.4, -0.2) is 24.4 Å². The van der Waals surface area contributed by atoms with E-state index in [4.69, 9.17) is 17.0 Å². The standard InChI is InChI=1S/C9H20N4O/c1-8(2,6-14)5-9(3,11)7(4-10)13-12/h6-7,12H,4-5,10-11H2,1-3H3. The van der Waals surface area contributed by atoms with Gasteiger partial charge in [0, 0.05) is 17.5 Å². The fourth-order valence-corrected chi connectivity index (χ4v) is 1.61. The minimum absolute atomic E-state index is 0.228. The number of nitrogens with one attached hydrogen (secondary N) is 1. The molecule has 0 rings (SSSR count). The van der Waals surface area contributed by atoms with E-state index in [0.717, 1.165) is 6.29 Å². The molecule has 0 aliphatic carbocycles. The molecule has 0 aromatic carbocycles. The van der Waals surface area contributed by atoms with Crippen LogP contribution in [0.3, 0.4) is 0 Å². The molecule has 2 unspecified atom stereocenters. The van der Waals surface area contributed by atoms with Crippen molar-refractivity contribution in [3.05, 3.63) is 0 Å². The minimum atomic E-state index is -0.707. The second-order valence-electron chi connectivity index (χ2n) is 4.67. The third-order valence-corrected chi connectivity index (χ3v) is 2.30. The number of nitrogens with zero attached hydrogens (tertiary/aromatic N) is 1. The van der Waals surface area contributed by atoms with Gasteiger partial charge in [-0.2, -0.15) is 5.11 Å². The van der Waals surface area contributed by atoms with Gasteiger partial charge in [0.25, 0.3) is 0 Å². The van der Waals surface area contributed by atoms with E-state index in [9.17, 15) is 4.79 Å². The molecule has 0 radical (unpaired) electrons. The van der Waals surface area contributed by atoms with Crippen LogP contribution in [0.2, 0.25) is 0 Å². The Morgan fingerprint density at radius 1 is 1.50 bits per heavy atom. The summed E-state index contributed by atoms with van der Waals surface area (Å²) in [6, 6.07) is -0.429. The molecule has 0 aromatic rings. The van der Waals surface area contributed by atoms with Crippen LogP contribution in [0.1, 0.15) is 27.2 Å². The van der Waals surface area contributed by atoms with E-state index in [-0.39, 0.29) is 6.54 Å². The molecule has 0 heterocycles. The van der Waals surface area contributed by atoms with Crippen LogP contribution in [0, 0.1) is 10.9 Å². The normalized spacial score (nSPS) is 18.4. The zero-order valence-electron chi connectivity index (χ0n) is 9.08.